The second-order valence-electron chi connectivity index (χ2n) is 7.51. The van der Waals surface area contributed by atoms with Gasteiger partial charge >= 0.3 is 0 Å². The van der Waals surface area contributed by atoms with Gasteiger partial charge in [0.1, 0.15) is 34.7 Å². The minimum Gasteiger partial charge on any atom is -0.497 e. The van der Waals surface area contributed by atoms with Gasteiger partial charge in [0, 0.05) is 12.5 Å². The van der Waals surface area contributed by atoms with E-state index in [0.29, 0.717) is 0 Å². The molecule has 0 saturated carbocycles. The van der Waals surface area contributed by atoms with Crippen molar-refractivity contribution in [3.8, 4) is 11.5 Å². The van der Waals surface area contributed by atoms with Crippen molar-refractivity contribution in [3.05, 3.63) is 115 Å². The van der Waals surface area contributed by atoms with E-state index in [1.165, 1.54) is 21.5 Å². The van der Waals surface area contributed by atoms with Crippen LogP contribution in [0.5, 0.6) is 11.5 Å². The second-order valence-corrected chi connectivity index (χ2v) is 11.1. The average molecular weight is 428 g/mol. The highest BCUT2D eigenvalue weighted by Crippen LogP contribution is 2.55. The van der Waals surface area contributed by atoms with E-state index in [0.717, 1.165) is 24.1 Å². The van der Waals surface area contributed by atoms with Crippen LogP contribution in [0.1, 0.15) is 5.56 Å². The molecule has 2 nitrogen and oxygen atoms in total. The van der Waals surface area contributed by atoms with Crippen molar-refractivity contribution in [2.24, 2.45) is 0 Å². The number of methoxy groups -OCH3 is 2. The van der Waals surface area contributed by atoms with Gasteiger partial charge in [0.05, 0.1) is 20.4 Å². The highest BCUT2D eigenvalue weighted by atomic mass is 31.2. The lowest BCUT2D eigenvalue weighted by molar-refractivity contribution is 0.393. The smallest absolute Gasteiger partial charge is 0.122 e. The van der Waals surface area contributed by atoms with Gasteiger partial charge < -0.3 is 9.47 Å². The molecule has 4 aromatic carbocycles. The molecule has 0 N–H and O–H groups in total. The Morgan fingerprint density at radius 3 is 1.29 bits per heavy atom. The maximum absolute atomic E-state index is 5.51. The molecule has 0 fully saturated rings. The van der Waals surface area contributed by atoms with Crippen LogP contribution < -0.4 is 25.4 Å². The molecule has 3 heteroatoms. The van der Waals surface area contributed by atoms with Gasteiger partial charge in [0.15, 0.2) is 0 Å². The van der Waals surface area contributed by atoms with Crippen molar-refractivity contribution >= 4 is 23.2 Å². The van der Waals surface area contributed by atoms with Crippen molar-refractivity contribution in [1.29, 1.82) is 0 Å². The molecule has 4 aromatic rings. The van der Waals surface area contributed by atoms with Crippen molar-refractivity contribution < 1.29 is 9.47 Å². The number of benzene rings is 4. The monoisotopic (exact) mass is 427 g/mol. The van der Waals surface area contributed by atoms with Crippen molar-refractivity contribution in [2.45, 2.75) is 6.42 Å². The van der Waals surface area contributed by atoms with Gasteiger partial charge in [0.2, 0.25) is 0 Å². The summed E-state index contributed by atoms with van der Waals surface area (Å²) >= 11 is 0. The highest BCUT2D eigenvalue weighted by Gasteiger charge is 2.44. The number of aryl methyl sites for hydroxylation is 1. The molecule has 0 saturated heterocycles. The molecule has 0 amide bonds. The third-order valence-corrected chi connectivity index (χ3v) is 10.2. The predicted octanol–water partition coefficient (Wildman–Crippen LogP) is 5.24. The maximum Gasteiger partial charge on any atom is 0.122 e. The van der Waals surface area contributed by atoms with Crippen LogP contribution in [0.4, 0.5) is 0 Å². The van der Waals surface area contributed by atoms with Crippen LogP contribution in [0.2, 0.25) is 0 Å². The fourth-order valence-electron chi connectivity index (χ4n) is 4.19. The summed E-state index contributed by atoms with van der Waals surface area (Å²) in [6, 6.07) is 39.2. The van der Waals surface area contributed by atoms with E-state index in [1.807, 2.05) is 6.07 Å². The molecular weight excluding hydrogens is 399 g/mol. The summed E-state index contributed by atoms with van der Waals surface area (Å²) < 4.78 is 11.0. The molecule has 4 rings (SSSR count). The quantitative estimate of drug-likeness (QED) is 0.358. The SMILES string of the molecule is COc1cc(CC[P+](c2ccccc2)(c2ccccc2)c2ccccc2)cc(OC)c1. The lowest BCUT2D eigenvalue weighted by Gasteiger charge is -2.28. The van der Waals surface area contributed by atoms with Gasteiger partial charge in [-0.15, -0.1) is 0 Å². The molecule has 0 aliphatic rings. The van der Waals surface area contributed by atoms with Crippen LogP contribution in [-0.4, -0.2) is 20.4 Å². The summed E-state index contributed by atoms with van der Waals surface area (Å²) in [7, 11) is 1.56. The summed E-state index contributed by atoms with van der Waals surface area (Å²) in [6.07, 6.45) is 1.96. The predicted molar refractivity (Wildman–Crippen MR) is 133 cm³/mol. The molecule has 0 atom stereocenters. The van der Waals surface area contributed by atoms with E-state index < -0.39 is 7.26 Å². The summed E-state index contributed by atoms with van der Waals surface area (Å²) in [5, 5.41) is 4.21. The van der Waals surface area contributed by atoms with Crippen LogP contribution in [0.15, 0.2) is 109 Å². The Morgan fingerprint density at radius 2 is 0.935 bits per heavy atom. The topological polar surface area (TPSA) is 18.5 Å². The van der Waals surface area contributed by atoms with Gasteiger partial charge in [-0.25, -0.2) is 0 Å². The largest absolute Gasteiger partial charge is 0.497 e. The minimum absolute atomic E-state index is 0.831. The van der Waals surface area contributed by atoms with Crippen LogP contribution in [0, 0.1) is 0 Å². The fourth-order valence-corrected chi connectivity index (χ4v) is 8.50. The number of ether oxygens (including phenoxy) is 2. The molecule has 156 valence electrons. The first-order valence-electron chi connectivity index (χ1n) is 10.5. The maximum atomic E-state index is 5.51. The van der Waals surface area contributed by atoms with Gasteiger partial charge in [-0.1, -0.05) is 54.6 Å². The molecule has 0 bridgehead atoms. The molecule has 31 heavy (non-hydrogen) atoms. The Kier molecular flexibility index (Phi) is 6.70. The molecule has 0 radical (unpaired) electrons. The highest BCUT2D eigenvalue weighted by molar-refractivity contribution is 7.95. The van der Waals surface area contributed by atoms with E-state index in [4.69, 9.17) is 9.47 Å². The number of hydrogen-bond donors (Lipinski definition) is 0. The van der Waals surface area contributed by atoms with Crippen molar-refractivity contribution in [2.75, 3.05) is 20.4 Å². The number of rotatable bonds is 8. The Hall–Kier alpha value is -3.09. The third-order valence-electron chi connectivity index (χ3n) is 5.74. The Labute approximate surface area is 185 Å². The van der Waals surface area contributed by atoms with E-state index >= 15 is 0 Å². The van der Waals surface area contributed by atoms with Crippen LogP contribution in [0.25, 0.3) is 0 Å². The standard InChI is InChI=1S/C28H28O2P/c1-29-24-20-23(21-25(22-24)30-2)18-19-31(26-12-6-3-7-13-26,27-14-8-4-9-15-27)28-16-10-5-11-17-28/h3-17,20-22H,18-19H2,1-2H3/q+1. The summed E-state index contributed by atoms with van der Waals surface area (Å²) in [6.45, 7) is 0. The lowest BCUT2D eigenvalue weighted by Crippen LogP contribution is -2.34. The van der Waals surface area contributed by atoms with Gasteiger partial charge in [-0.05, 0) is 54.1 Å². The first-order valence-corrected chi connectivity index (χ1v) is 12.5. The molecular formula is C28H28O2P+. The number of hydrogen-bond acceptors (Lipinski definition) is 2. The lowest BCUT2D eigenvalue weighted by atomic mass is 10.1. The van der Waals surface area contributed by atoms with Crippen molar-refractivity contribution in [3.63, 3.8) is 0 Å². The zero-order valence-corrected chi connectivity index (χ0v) is 19.0. The molecule has 0 aromatic heterocycles. The molecule has 0 unspecified atom stereocenters. The molecule has 0 aliphatic heterocycles. The summed E-state index contributed by atoms with van der Waals surface area (Å²) in [5.74, 6) is 1.66. The summed E-state index contributed by atoms with van der Waals surface area (Å²) in [5.41, 5.74) is 1.23. The first kappa shape index (κ1) is 21.2. The van der Waals surface area contributed by atoms with Crippen LogP contribution in [0.3, 0.4) is 0 Å². The van der Waals surface area contributed by atoms with Gasteiger partial charge in [-0.2, -0.15) is 0 Å². The average Bonchev–Trinajstić information content (AvgIpc) is 2.86. The Morgan fingerprint density at radius 1 is 0.548 bits per heavy atom. The van der Waals surface area contributed by atoms with E-state index in [9.17, 15) is 0 Å². The normalized spacial score (nSPS) is 11.2. The minimum atomic E-state index is -1.85. The zero-order valence-electron chi connectivity index (χ0n) is 18.1. The molecule has 0 aliphatic carbocycles. The van der Waals surface area contributed by atoms with Crippen LogP contribution >= 0.6 is 7.26 Å². The third kappa shape index (κ3) is 4.50. The Balaban J connectivity index is 1.85. The zero-order chi connectivity index (χ0) is 21.5. The molecule has 0 spiro atoms. The Bertz CT molecular complexity index is 977. The van der Waals surface area contributed by atoms with E-state index in [1.54, 1.807) is 14.2 Å². The fraction of sp³-hybridized carbons (Fsp3) is 0.143. The first-order chi connectivity index (χ1) is 15.3. The van der Waals surface area contributed by atoms with E-state index in [-0.39, 0.29) is 0 Å². The van der Waals surface area contributed by atoms with Gasteiger partial charge in [-0.3, -0.25) is 0 Å². The molecule has 0 heterocycles. The van der Waals surface area contributed by atoms with Crippen molar-refractivity contribution in [1.82, 2.24) is 0 Å². The van der Waals surface area contributed by atoms with Gasteiger partial charge in [0.25, 0.3) is 0 Å². The summed E-state index contributed by atoms with van der Waals surface area (Å²) in [4.78, 5) is 0. The second kappa shape index (κ2) is 9.81. The van der Waals surface area contributed by atoms with Crippen LogP contribution in [-0.2, 0) is 6.42 Å². The van der Waals surface area contributed by atoms with E-state index in [2.05, 4.69) is 103 Å².